The van der Waals surface area contributed by atoms with E-state index in [0.29, 0.717) is 11.5 Å². The first-order valence-corrected chi connectivity index (χ1v) is 11.6. The summed E-state index contributed by atoms with van der Waals surface area (Å²) >= 11 is 0. The van der Waals surface area contributed by atoms with Crippen LogP contribution in [-0.4, -0.2) is 35.7 Å². The molecule has 0 radical (unpaired) electrons. The predicted molar refractivity (Wildman–Crippen MR) is 124 cm³/mol. The maximum Gasteiger partial charge on any atom is 0.251 e. The molecule has 0 aromatic heterocycles. The van der Waals surface area contributed by atoms with Crippen molar-refractivity contribution >= 4 is 15.9 Å². The van der Waals surface area contributed by atoms with Gasteiger partial charge in [0.05, 0.1) is 21.3 Å². The van der Waals surface area contributed by atoms with E-state index in [1.807, 2.05) is 30.3 Å². The van der Waals surface area contributed by atoms with Gasteiger partial charge in [-0.05, 0) is 41.5 Å². The van der Waals surface area contributed by atoms with Crippen molar-refractivity contribution in [2.75, 3.05) is 21.3 Å². The molecule has 2 N–H and O–H groups in total. The summed E-state index contributed by atoms with van der Waals surface area (Å²) in [6.45, 7) is 0.335. The molecule has 3 rings (SSSR count). The summed E-state index contributed by atoms with van der Waals surface area (Å²) < 4.78 is 44.1. The summed E-state index contributed by atoms with van der Waals surface area (Å²) in [7, 11) is 0.529. The topological polar surface area (TPSA) is 103 Å². The number of sulfonamides is 1. The molecule has 0 saturated heterocycles. The Kier molecular flexibility index (Phi) is 7.92. The van der Waals surface area contributed by atoms with Gasteiger partial charge in [-0.3, -0.25) is 4.79 Å². The average molecular weight is 471 g/mol. The highest BCUT2D eigenvalue weighted by atomic mass is 32.2. The van der Waals surface area contributed by atoms with Crippen molar-refractivity contribution in [3.05, 3.63) is 83.4 Å². The lowest BCUT2D eigenvalue weighted by Crippen LogP contribution is -2.26. The second-order valence-electron chi connectivity index (χ2n) is 7.05. The van der Waals surface area contributed by atoms with Gasteiger partial charge in [0, 0.05) is 18.7 Å². The van der Waals surface area contributed by atoms with Crippen molar-refractivity contribution in [2.24, 2.45) is 0 Å². The lowest BCUT2D eigenvalue weighted by molar-refractivity contribution is 0.0950. The Morgan fingerprint density at radius 3 is 2.09 bits per heavy atom. The Morgan fingerprint density at radius 1 is 0.758 bits per heavy atom. The van der Waals surface area contributed by atoms with Crippen LogP contribution >= 0.6 is 0 Å². The highest BCUT2D eigenvalue weighted by Crippen LogP contribution is 2.28. The van der Waals surface area contributed by atoms with Gasteiger partial charge in [-0.2, -0.15) is 0 Å². The Hall–Kier alpha value is -3.56. The number of hydrogen-bond donors (Lipinski definition) is 2. The molecule has 9 heteroatoms. The molecule has 0 unspecified atom stereocenters. The van der Waals surface area contributed by atoms with Crippen LogP contribution in [0.5, 0.6) is 17.2 Å². The predicted octanol–water partition coefficient (Wildman–Crippen LogP) is 3.12. The highest BCUT2D eigenvalue weighted by Gasteiger charge is 2.21. The lowest BCUT2D eigenvalue weighted by Gasteiger charge is -2.13. The second kappa shape index (κ2) is 10.8. The van der Waals surface area contributed by atoms with E-state index in [0.717, 1.165) is 11.1 Å². The molecular formula is C24H26N2O6S. The van der Waals surface area contributed by atoms with Crippen molar-refractivity contribution in [2.45, 2.75) is 18.0 Å². The zero-order valence-corrected chi connectivity index (χ0v) is 19.4. The molecule has 0 aliphatic heterocycles. The third-order valence-corrected chi connectivity index (χ3v) is 6.35. The van der Waals surface area contributed by atoms with E-state index in [1.165, 1.54) is 32.4 Å². The van der Waals surface area contributed by atoms with Crippen molar-refractivity contribution in [1.82, 2.24) is 10.0 Å². The summed E-state index contributed by atoms with van der Waals surface area (Å²) in [5, 5.41) is 2.79. The fourth-order valence-corrected chi connectivity index (χ4v) is 4.37. The van der Waals surface area contributed by atoms with Crippen LogP contribution < -0.4 is 24.2 Å². The molecule has 0 heterocycles. The van der Waals surface area contributed by atoms with E-state index < -0.39 is 15.9 Å². The van der Waals surface area contributed by atoms with Crippen LogP contribution in [0, 0.1) is 0 Å². The average Bonchev–Trinajstić information content (AvgIpc) is 2.86. The minimum atomic E-state index is -3.93. The molecule has 8 nitrogen and oxygen atoms in total. The van der Waals surface area contributed by atoms with Crippen LogP contribution in [0.15, 0.2) is 71.6 Å². The first-order valence-electron chi connectivity index (χ1n) is 10.1. The van der Waals surface area contributed by atoms with E-state index in [-0.39, 0.29) is 29.3 Å². The van der Waals surface area contributed by atoms with Gasteiger partial charge in [0.25, 0.3) is 5.91 Å². The van der Waals surface area contributed by atoms with Gasteiger partial charge >= 0.3 is 0 Å². The number of ether oxygens (including phenoxy) is 3. The number of methoxy groups -OCH3 is 3. The van der Waals surface area contributed by atoms with Crippen LogP contribution in [0.25, 0.3) is 0 Å². The van der Waals surface area contributed by atoms with Crippen molar-refractivity contribution in [1.29, 1.82) is 0 Å². The Labute approximate surface area is 193 Å². The van der Waals surface area contributed by atoms with Gasteiger partial charge in [0.15, 0.2) is 11.5 Å². The van der Waals surface area contributed by atoms with Gasteiger partial charge in [-0.25, -0.2) is 13.1 Å². The molecule has 174 valence electrons. The van der Waals surface area contributed by atoms with Crippen molar-refractivity contribution < 1.29 is 27.4 Å². The van der Waals surface area contributed by atoms with Gasteiger partial charge in [-0.15, -0.1) is 0 Å². The normalized spacial score (nSPS) is 11.0. The quantitative estimate of drug-likeness (QED) is 0.472. The number of nitrogens with one attached hydrogen (secondary N) is 2. The maximum absolute atomic E-state index is 12.9. The van der Waals surface area contributed by atoms with Gasteiger partial charge in [0.2, 0.25) is 10.0 Å². The van der Waals surface area contributed by atoms with E-state index in [2.05, 4.69) is 10.0 Å². The van der Waals surface area contributed by atoms with Crippen molar-refractivity contribution in [3.8, 4) is 17.2 Å². The van der Waals surface area contributed by atoms with Gasteiger partial charge in [0.1, 0.15) is 10.6 Å². The minimum Gasteiger partial charge on any atom is -0.495 e. The summed E-state index contributed by atoms with van der Waals surface area (Å²) in [6.07, 6.45) is 0. The Bertz CT molecular complexity index is 1210. The number of carbonyl (C=O) groups is 1. The fraction of sp³-hybridized carbons (Fsp3) is 0.208. The third-order valence-electron chi connectivity index (χ3n) is 4.93. The number of hydrogen-bond acceptors (Lipinski definition) is 6. The molecule has 0 spiro atoms. The number of carbonyl (C=O) groups excluding carboxylic acids is 1. The molecule has 33 heavy (non-hydrogen) atoms. The molecule has 0 fully saturated rings. The zero-order chi connectivity index (χ0) is 23.8. The molecular weight excluding hydrogens is 444 g/mol. The minimum absolute atomic E-state index is 0.111. The molecule has 0 bridgehead atoms. The molecule has 0 aliphatic carbocycles. The maximum atomic E-state index is 12.9. The summed E-state index contributed by atoms with van der Waals surface area (Å²) in [5.74, 6) is 0.853. The third kappa shape index (κ3) is 6.03. The SMILES string of the molecule is COc1ccc(CNC(=O)c2ccc(OC)c(S(=O)(=O)NCc3ccccc3)c2)cc1OC. The number of amides is 1. The molecule has 3 aromatic rings. The smallest absolute Gasteiger partial charge is 0.251 e. The second-order valence-corrected chi connectivity index (χ2v) is 8.78. The van der Waals surface area contributed by atoms with Crippen LogP contribution in [-0.2, 0) is 23.1 Å². The van der Waals surface area contributed by atoms with E-state index >= 15 is 0 Å². The van der Waals surface area contributed by atoms with E-state index in [4.69, 9.17) is 14.2 Å². The van der Waals surface area contributed by atoms with Crippen LogP contribution in [0.1, 0.15) is 21.5 Å². The van der Waals surface area contributed by atoms with Gasteiger partial charge < -0.3 is 19.5 Å². The van der Waals surface area contributed by atoms with Crippen LogP contribution in [0.2, 0.25) is 0 Å². The number of rotatable bonds is 10. The standard InChI is InChI=1S/C24H26N2O6S/c1-30-20-11-9-18(13-22(20)32-3)15-25-24(27)19-10-12-21(31-2)23(14-19)33(28,29)26-16-17-7-5-4-6-8-17/h4-14,26H,15-16H2,1-3H3,(H,25,27). The van der Waals surface area contributed by atoms with Crippen molar-refractivity contribution in [3.63, 3.8) is 0 Å². The van der Waals surface area contributed by atoms with E-state index in [1.54, 1.807) is 25.3 Å². The zero-order valence-electron chi connectivity index (χ0n) is 18.6. The molecule has 0 atom stereocenters. The first-order chi connectivity index (χ1) is 15.9. The summed E-state index contributed by atoms with van der Waals surface area (Å²) in [4.78, 5) is 12.6. The summed E-state index contributed by atoms with van der Waals surface area (Å²) in [5.41, 5.74) is 1.80. The highest BCUT2D eigenvalue weighted by molar-refractivity contribution is 7.89. The molecule has 1 amide bonds. The lowest BCUT2D eigenvalue weighted by atomic mass is 10.1. The largest absolute Gasteiger partial charge is 0.495 e. The molecule has 0 saturated carbocycles. The summed E-state index contributed by atoms with van der Waals surface area (Å²) in [6, 6.07) is 18.7. The molecule has 3 aromatic carbocycles. The van der Waals surface area contributed by atoms with E-state index in [9.17, 15) is 13.2 Å². The number of benzene rings is 3. The molecule has 0 aliphatic rings. The monoisotopic (exact) mass is 470 g/mol. The van der Waals surface area contributed by atoms with Crippen LogP contribution in [0.3, 0.4) is 0 Å². The first kappa shape index (κ1) is 24.1. The Morgan fingerprint density at radius 2 is 1.42 bits per heavy atom. The van der Waals surface area contributed by atoms with Gasteiger partial charge in [-0.1, -0.05) is 36.4 Å². The van der Waals surface area contributed by atoms with Crippen LogP contribution in [0.4, 0.5) is 0 Å². The Balaban J connectivity index is 1.76. The fourth-order valence-electron chi connectivity index (χ4n) is 3.15.